The first-order valence-corrected chi connectivity index (χ1v) is 32.4. The zero-order valence-electron chi connectivity index (χ0n) is 48.8. The Bertz CT molecular complexity index is 1390. The van der Waals surface area contributed by atoms with Crippen molar-refractivity contribution < 1.29 is 37.3 Å². The van der Waals surface area contributed by atoms with Crippen LogP contribution in [-0.4, -0.2) is 69.4 Å². The second kappa shape index (κ2) is 53.4. The molecule has 3 atom stereocenters. The van der Waals surface area contributed by atoms with Crippen molar-refractivity contribution in [3.63, 3.8) is 0 Å². The molecule has 10 heteroatoms. The minimum atomic E-state index is -4.70. The van der Waals surface area contributed by atoms with Gasteiger partial charge in [0.1, 0.15) is 19.3 Å². The number of ether oxygens (including phenoxy) is 1. The van der Waals surface area contributed by atoms with Gasteiger partial charge in [0, 0.05) is 12.8 Å². The average molecular weight is 1050 g/mol. The minimum absolute atomic E-state index is 0.0242. The Kier molecular flexibility index (Phi) is 51.9. The molecule has 0 heterocycles. The summed E-state index contributed by atoms with van der Waals surface area (Å²) in [5.41, 5.74) is 0. The van der Waals surface area contributed by atoms with E-state index >= 15 is 0 Å². The largest absolute Gasteiger partial charge is 0.756 e. The third-order valence-corrected chi connectivity index (χ3v) is 14.7. The molecule has 73 heavy (non-hydrogen) atoms. The van der Waals surface area contributed by atoms with Crippen LogP contribution in [0.25, 0.3) is 0 Å². The number of allylic oxidation sites excluding steroid dienone is 7. The summed E-state index contributed by atoms with van der Waals surface area (Å²) in [6.45, 7) is 6.83. The number of esters is 1. The first kappa shape index (κ1) is 71.0. The van der Waals surface area contributed by atoms with E-state index in [1.165, 1.54) is 167 Å². The van der Waals surface area contributed by atoms with Crippen LogP contribution in [0.15, 0.2) is 48.6 Å². The van der Waals surface area contributed by atoms with Crippen LogP contribution in [0.1, 0.15) is 290 Å². The number of phosphoric acid groups is 1. The maximum Gasteiger partial charge on any atom is 0.306 e. The van der Waals surface area contributed by atoms with Gasteiger partial charge in [-0.2, -0.15) is 0 Å². The number of amides is 1. The van der Waals surface area contributed by atoms with E-state index in [1.54, 1.807) is 0 Å². The summed E-state index contributed by atoms with van der Waals surface area (Å²) in [4.78, 5) is 40.0. The molecule has 0 aromatic rings. The van der Waals surface area contributed by atoms with Gasteiger partial charge in [0.25, 0.3) is 7.82 Å². The van der Waals surface area contributed by atoms with E-state index in [0.717, 1.165) is 89.9 Å². The van der Waals surface area contributed by atoms with Gasteiger partial charge in [0.15, 0.2) is 0 Å². The molecule has 0 saturated heterocycles. The highest BCUT2D eigenvalue weighted by molar-refractivity contribution is 7.45. The molecule has 0 fully saturated rings. The number of carbonyl (C=O) groups is 2. The highest BCUT2D eigenvalue weighted by atomic mass is 31.2. The van der Waals surface area contributed by atoms with Crippen molar-refractivity contribution in [3.05, 3.63) is 48.6 Å². The minimum Gasteiger partial charge on any atom is -0.756 e. The zero-order chi connectivity index (χ0) is 53.6. The van der Waals surface area contributed by atoms with Crippen LogP contribution in [0.5, 0.6) is 0 Å². The molecule has 0 saturated carbocycles. The van der Waals surface area contributed by atoms with E-state index in [2.05, 4.69) is 62.5 Å². The molecule has 1 N–H and O–H groups in total. The highest BCUT2D eigenvalue weighted by Crippen LogP contribution is 2.38. The second-order valence-electron chi connectivity index (χ2n) is 22.2. The van der Waals surface area contributed by atoms with Crippen LogP contribution in [0, 0.1) is 0 Å². The Balaban J connectivity index is 5.31. The number of rotatable bonds is 56. The number of nitrogens with one attached hydrogen (secondary N) is 1. The van der Waals surface area contributed by atoms with Crippen LogP contribution < -0.4 is 10.2 Å². The van der Waals surface area contributed by atoms with Gasteiger partial charge in [-0.1, -0.05) is 237 Å². The quantitative estimate of drug-likeness (QED) is 0.0212. The van der Waals surface area contributed by atoms with Gasteiger partial charge >= 0.3 is 5.97 Å². The monoisotopic (exact) mass is 1050 g/mol. The predicted octanol–water partition coefficient (Wildman–Crippen LogP) is 18.3. The molecular weight excluding hydrogens is 928 g/mol. The molecule has 9 nitrogen and oxygen atoms in total. The van der Waals surface area contributed by atoms with Crippen molar-refractivity contribution in [2.75, 3.05) is 40.9 Å². The van der Waals surface area contributed by atoms with Crippen LogP contribution in [-0.2, 0) is 27.9 Å². The van der Waals surface area contributed by atoms with Gasteiger partial charge in [-0.15, -0.1) is 0 Å². The van der Waals surface area contributed by atoms with E-state index in [9.17, 15) is 19.0 Å². The van der Waals surface area contributed by atoms with Gasteiger partial charge in [0.2, 0.25) is 5.91 Å². The molecule has 0 aliphatic carbocycles. The summed E-state index contributed by atoms with van der Waals surface area (Å²) in [5, 5.41) is 3.03. The van der Waals surface area contributed by atoms with Crippen LogP contribution in [0.4, 0.5) is 0 Å². The van der Waals surface area contributed by atoms with Crippen molar-refractivity contribution in [1.29, 1.82) is 0 Å². The number of hydrogen-bond donors (Lipinski definition) is 1. The summed E-state index contributed by atoms with van der Waals surface area (Å²) < 4.78 is 30.3. The number of phosphoric ester groups is 1. The second-order valence-corrected chi connectivity index (χ2v) is 23.6. The lowest BCUT2D eigenvalue weighted by Crippen LogP contribution is -2.47. The Labute approximate surface area is 452 Å². The lowest BCUT2D eigenvalue weighted by molar-refractivity contribution is -0.870. The Morgan fingerprint density at radius 2 is 0.836 bits per heavy atom. The first-order valence-electron chi connectivity index (χ1n) is 30.9. The first-order chi connectivity index (χ1) is 35.4. The van der Waals surface area contributed by atoms with Crippen molar-refractivity contribution in [1.82, 2.24) is 5.32 Å². The smallest absolute Gasteiger partial charge is 0.306 e. The van der Waals surface area contributed by atoms with Crippen molar-refractivity contribution in [2.45, 2.75) is 303 Å². The van der Waals surface area contributed by atoms with Crippen LogP contribution in [0.2, 0.25) is 0 Å². The molecule has 0 aliphatic heterocycles. The summed E-state index contributed by atoms with van der Waals surface area (Å²) in [5.74, 6) is -0.547. The molecular formula is C63H119N2O7P. The van der Waals surface area contributed by atoms with Crippen LogP contribution in [0.3, 0.4) is 0 Å². The number of quaternary nitrogens is 1. The fourth-order valence-electron chi connectivity index (χ4n) is 8.90. The lowest BCUT2D eigenvalue weighted by Gasteiger charge is -2.30. The van der Waals surface area contributed by atoms with E-state index in [4.69, 9.17) is 13.8 Å². The van der Waals surface area contributed by atoms with Gasteiger partial charge in [0.05, 0.1) is 33.8 Å². The van der Waals surface area contributed by atoms with Gasteiger partial charge in [-0.3, -0.25) is 14.2 Å². The van der Waals surface area contributed by atoms with E-state index in [1.807, 2.05) is 33.3 Å². The maximum atomic E-state index is 13.5. The summed E-state index contributed by atoms with van der Waals surface area (Å²) in [7, 11) is 1.18. The molecule has 1 amide bonds. The van der Waals surface area contributed by atoms with Crippen LogP contribution >= 0.6 is 7.82 Å². The lowest BCUT2D eigenvalue weighted by atomic mass is 10.0. The number of likely N-dealkylation sites (N-methyl/N-ethyl adjacent to an activating group) is 1. The standard InChI is InChI=1S/C63H119N2O7P/c1-7-10-13-16-19-22-25-28-30-32-34-37-40-43-46-49-52-55-62(66)64-60(59-71-73(68,69)70-58-57-65(4,5)6)61(54-51-48-45-42-39-36-27-24-21-18-15-12-9-3)72-63(67)56-53-50-47-44-41-38-35-33-31-29-26-23-20-17-14-11-8-2/h20,23,28-31,51,54,60-61H,7-19,21-22,24-27,32-50,52-53,55-59H2,1-6H3,(H-,64,66,68,69)/b23-20-,30-28+,31-29-,54-51+. The number of carbonyl (C=O) groups excluding carboxylic acids is 2. The maximum absolute atomic E-state index is 13.5. The normalized spacial score (nSPS) is 14.0. The SMILES string of the molecule is CCCCC/C=C\C/C=C\CCCCCCCCCC(=O)OC(/C=C/CCCCCCCCCCCCC)C(COP(=O)([O-])OCC[N+](C)(C)C)NC(=O)CCCCCCCCC/C=C/CCCCCCCC. The average Bonchev–Trinajstić information content (AvgIpc) is 3.35. The summed E-state index contributed by atoms with van der Waals surface area (Å²) in [6, 6.07) is -0.893. The third-order valence-electron chi connectivity index (χ3n) is 13.7. The molecule has 0 aromatic carbocycles. The third kappa shape index (κ3) is 54.6. The van der Waals surface area contributed by atoms with Crippen molar-refractivity contribution >= 4 is 19.7 Å². The molecule has 0 rings (SSSR count). The van der Waals surface area contributed by atoms with E-state index in [0.29, 0.717) is 17.4 Å². The highest BCUT2D eigenvalue weighted by Gasteiger charge is 2.27. The van der Waals surface area contributed by atoms with E-state index < -0.39 is 26.6 Å². The molecule has 428 valence electrons. The number of nitrogens with zero attached hydrogens (tertiary/aromatic N) is 1. The van der Waals surface area contributed by atoms with Gasteiger partial charge in [-0.05, 0) is 89.5 Å². The Hall–Kier alpha value is -2.03. The zero-order valence-corrected chi connectivity index (χ0v) is 49.7. The number of unbranched alkanes of at least 4 members (excludes halogenated alkanes) is 34. The topological polar surface area (TPSA) is 114 Å². The van der Waals surface area contributed by atoms with Gasteiger partial charge < -0.3 is 28.5 Å². The molecule has 3 unspecified atom stereocenters. The molecule has 0 spiro atoms. The van der Waals surface area contributed by atoms with Crippen molar-refractivity contribution in [3.8, 4) is 0 Å². The molecule has 0 aliphatic rings. The summed E-state index contributed by atoms with van der Waals surface area (Å²) >= 11 is 0. The number of hydrogen-bond acceptors (Lipinski definition) is 7. The molecule has 0 aromatic heterocycles. The van der Waals surface area contributed by atoms with Gasteiger partial charge in [-0.25, -0.2) is 0 Å². The fraction of sp³-hybridized carbons (Fsp3) is 0.841. The Morgan fingerprint density at radius 3 is 1.27 bits per heavy atom. The fourth-order valence-corrected chi connectivity index (χ4v) is 9.62. The Morgan fingerprint density at radius 1 is 0.479 bits per heavy atom. The van der Waals surface area contributed by atoms with E-state index in [-0.39, 0.29) is 24.9 Å². The predicted molar refractivity (Wildman–Crippen MR) is 312 cm³/mol. The summed E-state index contributed by atoms with van der Waals surface area (Å²) in [6.07, 6.45) is 64.9. The molecule has 0 radical (unpaired) electrons. The van der Waals surface area contributed by atoms with Crippen molar-refractivity contribution in [2.24, 2.45) is 0 Å². The molecule has 0 bridgehead atoms.